The van der Waals surface area contributed by atoms with Gasteiger partial charge in [-0.15, -0.1) is 0 Å². The van der Waals surface area contributed by atoms with Gasteiger partial charge in [0.2, 0.25) is 0 Å². The number of hydrogen-bond acceptors (Lipinski definition) is 5. The molecule has 2 aromatic carbocycles. The highest BCUT2D eigenvalue weighted by Crippen LogP contribution is 2.30. The fourth-order valence-electron chi connectivity index (χ4n) is 3.25. The van der Waals surface area contributed by atoms with E-state index in [0.717, 1.165) is 22.2 Å². The van der Waals surface area contributed by atoms with Crippen LogP contribution >= 0.6 is 0 Å². The Morgan fingerprint density at radius 1 is 1.06 bits per heavy atom. The lowest BCUT2D eigenvalue weighted by molar-refractivity contribution is 0.284. The maximum atomic E-state index is 9.73. The van der Waals surface area contributed by atoms with Crippen molar-refractivity contribution in [1.82, 2.24) is 15.0 Å². The van der Waals surface area contributed by atoms with Crippen LogP contribution in [0.1, 0.15) is 28.1 Å². The van der Waals surface area contributed by atoms with Crippen LogP contribution in [0, 0.1) is 25.2 Å². The van der Waals surface area contributed by atoms with Gasteiger partial charge >= 0.3 is 0 Å². The fraction of sp³-hybridized carbons (Fsp3) is 0.160. The highest BCUT2D eigenvalue weighted by Gasteiger charge is 2.11. The molecule has 0 bridgehead atoms. The number of imidazole rings is 1. The molecule has 0 saturated carbocycles. The van der Waals surface area contributed by atoms with Gasteiger partial charge in [0, 0.05) is 12.4 Å². The van der Waals surface area contributed by atoms with Crippen LogP contribution in [-0.4, -0.2) is 22.1 Å². The number of allylic oxidation sites excluding steroid dienone is 1. The van der Waals surface area contributed by atoms with E-state index in [0.29, 0.717) is 29.5 Å². The van der Waals surface area contributed by atoms with Gasteiger partial charge < -0.3 is 14.5 Å². The summed E-state index contributed by atoms with van der Waals surface area (Å²) in [5, 5.41) is 9.73. The predicted molar refractivity (Wildman–Crippen MR) is 121 cm³/mol. The van der Waals surface area contributed by atoms with Gasteiger partial charge in [0.05, 0.1) is 23.7 Å². The van der Waals surface area contributed by atoms with Crippen molar-refractivity contribution >= 4 is 22.7 Å². The second-order valence-electron chi connectivity index (χ2n) is 7.26. The number of benzene rings is 2. The largest absolute Gasteiger partial charge is 0.493 e. The molecule has 4 aromatic rings. The zero-order chi connectivity index (χ0) is 21.8. The SMILES string of the molecule is COc1cc(/C=C(\C#N)c2nc3cc(C)c(C)cc3[nH]2)ccc1OCc1ccncc1. The number of hydrogen-bond donors (Lipinski definition) is 1. The molecular formula is C25H22N4O2. The third-order valence-corrected chi connectivity index (χ3v) is 5.12. The van der Waals surface area contributed by atoms with Crippen molar-refractivity contribution < 1.29 is 9.47 Å². The summed E-state index contributed by atoms with van der Waals surface area (Å²) in [5.74, 6) is 1.76. The minimum absolute atomic E-state index is 0.412. The Balaban J connectivity index is 1.61. The van der Waals surface area contributed by atoms with E-state index >= 15 is 0 Å². The van der Waals surface area contributed by atoms with Crippen molar-refractivity contribution in [2.75, 3.05) is 7.11 Å². The van der Waals surface area contributed by atoms with E-state index in [1.165, 1.54) is 11.1 Å². The zero-order valence-corrected chi connectivity index (χ0v) is 17.6. The van der Waals surface area contributed by atoms with Gasteiger partial charge in [-0.3, -0.25) is 4.98 Å². The van der Waals surface area contributed by atoms with Crippen molar-refractivity contribution in [1.29, 1.82) is 5.26 Å². The van der Waals surface area contributed by atoms with E-state index in [4.69, 9.17) is 9.47 Å². The van der Waals surface area contributed by atoms with Crippen molar-refractivity contribution in [3.05, 3.63) is 82.9 Å². The molecule has 31 heavy (non-hydrogen) atoms. The Bertz CT molecular complexity index is 1260. The summed E-state index contributed by atoms with van der Waals surface area (Å²) in [5.41, 5.74) is 6.38. The van der Waals surface area contributed by atoms with Gasteiger partial charge in [0.15, 0.2) is 11.5 Å². The van der Waals surface area contributed by atoms with Gasteiger partial charge in [0.1, 0.15) is 18.5 Å². The molecule has 154 valence electrons. The van der Waals surface area contributed by atoms with E-state index < -0.39 is 0 Å². The first-order chi connectivity index (χ1) is 15.1. The number of aryl methyl sites for hydroxylation is 2. The number of nitriles is 1. The molecule has 0 radical (unpaired) electrons. The molecule has 0 aliphatic carbocycles. The minimum atomic E-state index is 0.412. The van der Waals surface area contributed by atoms with Crippen LogP contribution in [0.3, 0.4) is 0 Å². The maximum Gasteiger partial charge on any atom is 0.161 e. The number of nitrogens with zero attached hydrogens (tertiary/aromatic N) is 3. The molecular weight excluding hydrogens is 388 g/mol. The number of fused-ring (bicyclic) bond motifs is 1. The highest BCUT2D eigenvalue weighted by molar-refractivity contribution is 5.90. The van der Waals surface area contributed by atoms with Crippen LogP contribution in [0.2, 0.25) is 0 Å². The molecule has 2 aromatic heterocycles. The molecule has 0 aliphatic heterocycles. The second kappa shape index (κ2) is 8.72. The summed E-state index contributed by atoms with van der Waals surface area (Å²) < 4.78 is 11.4. The average molecular weight is 410 g/mol. The quantitative estimate of drug-likeness (QED) is 0.440. The van der Waals surface area contributed by atoms with Crippen LogP contribution < -0.4 is 9.47 Å². The Labute approximate surface area is 180 Å². The van der Waals surface area contributed by atoms with Crippen LogP contribution in [0.25, 0.3) is 22.7 Å². The zero-order valence-electron chi connectivity index (χ0n) is 17.6. The third kappa shape index (κ3) is 4.41. The molecule has 2 heterocycles. The van der Waals surface area contributed by atoms with E-state index in [-0.39, 0.29) is 0 Å². The van der Waals surface area contributed by atoms with E-state index in [2.05, 4.69) is 34.9 Å². The molecule has 0 spiro atoms. The molecule has 6 heteroatoms. The third-order valence-electron chi connectivity index (χ3n) is 5.12. The Hall–Kier alpha value is -4.11. The number of ether oxygens (including phenoxy) is 2. The number of H-pyrrole nitrogens is 1. The molecule has 0 unspecified atom stereocenters. The van der Waals surface area contributed by atoms with Crippen molar-refractivity contribution in [2.24, 2.45) is 0 Å². The second-order valence-corrected chi connectivity index (χ2v) is 7.26. The van der Waals surface area contributed by atoms with Gasteiger partial charge in [-0.05, 0) is 78.6 Å². The molecule has 0 fully saturated rings. The summed E-state index contributed by atoms with van der Waals surface area (Å²) in [7, 11) is 1.59. The molecule has 4 rings (SSSR count). The van der Waals surface area contributed by atoms with E-state index in [1.807, 2.05) is 42.5 Å². The minimum Gasteiger partial charge on any atom is -0.493 e. The molecule has 0 aliphatic rings. The smallest absolute Gasteiger partial charge is 0.161 e. The first-order valence-corrected chi connectivity index (χ1v) is 9.86. The fourth-order valence-corrected chi connectivity index (χ4v) is 3.25. The summed E-state index contributed by atoms with van der Waals surface area (Å²) in [6.45, 7) is 4.52. The van der Waals surface area contributed by atoms with E-state index in [1.54, 1.807) is 25.6 Å². The van der Waals surface area contributed by atoms with Gasteiger partial charge in [-0.2, -0.15) is 5.26 Å². The number of rotatable bonds is 6. The molecule has 1 N–H and O–H groups in total. The van der Waals surface area contributed by atoms with E-state index in [9.17, 15) is 5.26 Å². The van der Waals surface area contributed by atoms with Crippen molar-refractivity contribution in [3.8, 4) is 17.6 Å². The molecule has 0 amide bonds. The number of aromatic amines is 1. The van der Waals surface area contributed by atoms with Gasteiger partial charge in [-0.1, -0.05) is 6.07 Å². The number of pyridine rings is 1. The van der Waals surface area contributed by atoms with Gasteiger partial charge in [0.25, 0.3) is 0 Å². The Kier molecular flexibility index (Phi) is 5.67. The molecule has 0 atom stereocenters. The standard InChI is InChI=1S/C25H22N4O2/c1-16-10-21-22(11-17(16)2)29-25(28-21)20(14-26)12-19-4-5-23(24(13-19)30-3)31-15-18-6-8-27-9-7-18/h4-13H,15H2,1-3H3,(H,28,29)/b20-12+. The van der Waals surface area contributed by atoms with Crippen LogP contribution in [0.15, 0.2) is 54.9 Å². The molecule has 6 nitrogen and oxygen atoms in total. The van der Waals surface area contributed by atoms with Gasteiger partial charge in [-0.25, -0.2) is 4.98 Å². The van der Waals surface area contributed by atoms with Crippen molar-refractivity contribution in [3.63, 3.8) is 0 Å². The lowest BCUT2D eigenvalue weighted by Crippen LogP contribution is -1.98. The number of methoxy groups -OCH3 is 1. The van der Waals surface area contributed by atoms with Crippen LogP contribution in [0.5, 0.6) is 11.5 Å². The van der Waals surface area contributed by atoms with Crippen LogP contribution in [0.4, 0.5) is 0 Å². The highest BCUT2D eigenvalue weighted by atomic mass is 16.5. The normalized spacial score (nSPS) is 11.4. The lowest BCUT2D eigenvalue weighted by atomic mass is 10.1. The first-order valence-electron chi connectivity index (χ1n) is 9.86. The number of nitrogens with one attached hydrogen (secondary N) is 1. The topological polar surface area (TPSA) is 83.8 Å². The van der Waals surface area contributed by atoms with Crippen LogP contribution in [-0.2, 0) is 6.61 Å². The summed E-state index contributed by atoms with van der Waals surface area (Å²) in [6, 6.07) is 15.7. The monoisotopic (exact) mass is 410 g/mol. The summed E-state index contributed by atoms with van der Waals surface area (Å²) in [4.78, 5) is 11.9. The number of aromatic nitrogens is 3. The Morgan fingerprint density at radius 2 is 1.84 bits per heavy atom. The summed E-state index contributed by atoms with van der Waals surface area (Å²) in [6.07, 6.45) is 5.24. The predicted octanol–water partition coefficient (Wildman–Crippen LogP) is 5.23. The first kappa shape index (κ1) is 20.2. The summed E-state index contributed by atoms with van der Waals surface area (Å²) >= 11 is 0. The lowest BCUT2D eigenvalue weighted by Gasteiger charge is -2.11. The molecule has 0 saturated heterocycles. The maximum absolute atomic E-state index is 9.73. The Morgan fingerprint density at radius 3 is 2.58 bits per heavy atom. The average Bonchev–Trinajstić information content (AvgIpc) is 3.19. The van der Waals surface area contributed by atoms with Crippen molar-refractivity contribution in [2.45, 2.75) is 20.5 Å².